The molecule has 2 amide bonds. The highest BCUT2D eigenvalue weighted by Gasteiger charge is 2.05. The van der Waals surface area contributed by atoms with Crippen molar-refractivity contribution < 1.29 is 9.53 Å². The second kappa shape index (κ2) is 8.25. The predicted molar refractivity (Wildman–Crippen MR) is 98.0 cm³/mol. The fraction of sp³-hybridized carbons (Fsp3) is 0.111. The number of nitrogens with zero attached hydrogens (tertiary/aromatic N) is 1. The highest BCUT2D eigenvalue weighted by molar-refractivity contribution is 7.99. The SMILES string of the molecule is COc1ccccc1Sc1ccc(NC(=O)NCc2cn[nH]c2)cc1. The zero-order valence-electron chi connectivity index (χ0n) is 13.7. The molecule has 0 saturated heterocycles. The zero-order chi connectivity index (χ0) is 17.5. The Hall–Kier alpha value is -2.93. The molecule has 25 heavy (non-hydrogen) atoms. The maximum atomic E-state index is 11.9. The molecule has 0 aliphatic carbocycles. The van der Waals surface area contributed by atoms with Crippen LogP contribution in [0, 0.1) is 0 Å². The first kappa shape index (κ1) is 16.9. The average Bonchev–Trinajstić information content (AvgIpc) is 3.16. The lowest BCUT2D eigenvalue weighted by molar-refractivity contribution is 0.251. The second-order valence-electron chi connectivity index (χ2n) is 5.19. The van der Waals surface area contributed by atoms with Gasteiger partial charge in [0.25, 0.3) is 0 Å². The molecular weight excluding hydrogens is 336 g/mol. The van der Waals surface area contributed by atoms with Gasteiger partial charge in [0, 0.05) is 28.9 Å². The minimum absolute atomic E-state index is 0.258. The van der Waals surface area contributed by atoms with Gasteiger partial charge in [0.2, 0.25) is 0 Å². The van der Waals surface area contributed by atoms with Gasteiger partial charge in [-0.1, -0.05) is 23.9 Å². The van der Waals surface area contributed by atoms with Gasteiger partial charge < -0.3 is 15.4 Å². The van der Waals surface area contributed by atoms with Gasteiger partial charge in [0.15, 0.2) is 0 Å². The highest BCUT2D eigenvalue weighted by Crippen LogP contribution is 2.34. The molecule has 0 bridgehead atoms. The Kier molecular flexibility index (Phi) is 5.58. The number of benzene rings is 2. The number of aromatic amines is 1. The Labute approximate surface area is 150 Å². The molecule has 0 saturated carbocycles. The van der Waals surface area contributed by atoms with Gasteiger partial charge in [0.1, 0.15) is 5.75 Å². The van der Waals surface area contributed by atoms with Crippen LogP contribution in [0.15, 0.2) is 70.7 Å². The topological polar surface area (TPSA) is 79.0 Å². The van der Waals surface area contributed by atoms with Crippen LogP contribution in [-0.2, 0) is 6.54 Å². The van der Waals surface area contributed by atoms with Gasteiger partial charge in [-0.2, -0.15) is 5.10 Å². The first-order valence-electron chi connectivity index (χ1n) is 7.68. The maximum absolute atomic E-state index is 11.9. The fourth-order valence-corrected chi connectivity index (χ4v) is 3.09. The summed E-state index contributed by atoms with van der Waals surface area (Å²) in [6, 6.07) is 15.3. The number of para-hydroxylation sites is 1. The number of methoxy groups -OCH3 is 1. The number of anilines is 1. The molecule has 128 valence electrons. The van der Waals surface area contributed by atoms with Crippen LogP contribution in [0.4, 0.5) is 10.5 Å². The van der Waals surface area contributed by atoms with Crippen LogP contribution in [0.1, 0.15) is 5.56 Å². The summed E-state index contributed by atoms with van der Waals surface area (Å²) >= 11 is 1.61. The van der Waals surface area contributed by atoms with Crippen LogP contribution in [-0.4, -0.2) is 23.3 Å². The highest BCUT2D eigenvalue weighted by atomic mass is 32.2. The van der Waals surface area contributed by atoms with Crippen LogP contribution < -0.4 is 15.4 Å². The zero-order valence-corrected chi connectivity index (χ0v) is 14.5. The van der Waals surface area contributed by atoms with E-state index in [9.17, 15) is 4.79 Å². The summed E-state index contributed by atoms with van der Waals surface area (Å²) in [5.41, 5.74) is 1.65. The molecule has 3 rings (SSSR count). The third-order valence-electron chi connectivity index (χ3n) is 3.42. The molecule has 1 heterocycles. The first-order valence-corrected chi connectivity index (χ1v) is 8.49. The van der Waals surface area contributed by atoms with E-state index in [1.165, 1.54) is 0 Å². The van der Waals surface area contributed by atoms with Crippen molar-refractivity contribution in [3.63, 3.8) is 0 Å². The predicted octanol–water partition coefficient (Wildman–Crippen LogP) is 3.89. The molecule has 0 unspecified atom stereocenters. The Morgan fingerprint density at radius 2 is 2.00 bits per heavy atom. The summed E-state index contributed by atoms with van der Waals surface area (Å²) in [4.78, 5) is 14.0. The lowest BCUT2D eigenvalue weighted by Gasteiger charge is -2.09. The van der Waals surface area contributed by atoms with E-state index in [0.717, 1.165) is 26.8 Å². The summed E-state index contributed by atoms with van der Waals surface area (Å²) in [6.07, 6.45) is 3.41. The number of hydrogen-bond donors (Lipinski definition) is 3. The van der Waals surface area contributed by atoms with Crippen molar-refractivity contribution in [3.8, 4) is 5.75 Å². The molecular formula is C18H18N4O2S. The number of rotatable bonds is 6. The molecule has 3 N–H and O–H groups in total. The number of ether oxygens (including phenoxy) is 1. The Balaban J connectivity index is 1.55. The quantitative estimate of drug-likeness (QED) is 0.627. The average molecular weight is 354 g/mol. The Bertz CT molecular complexity index is 819. The monoisotopic (exact) mass is 354 g/mol. The normalized spacial score (nSPS) is 10.3. The van der Waals surface area contributed by atoms with E-state index in [1.807, 2.05) is 48.5 Å². The molecule has 1 aromatic heterocycles. The Morgan fingerprint density at radius 3 is 2.72 bits per heavy atom. The molecule has 3 aromatic rings. The minimum Gasteiger partial charge on any atom is -0.496 e. The third kappa shape index (κ3) is 4.77. The van der Waals surface area contributed by atoms with Crippen LogP contribution in [0.2, 0.25) is 0 Å². The van der Waals surface area contributed by atoms with Gasteiger partial charge >= 0.3 is 6.03 Å². The van der Waals surface area contributed by atoms with Crippen LogP contribution >= 0.6 is 11.8 Å². The summed E-state index contributed by atoms with van der Waals surface area (Å²) in [6.45, 7) is 0.421. The Morgan fingerprint density at radius 1 is 1.20 bits per heavy atom. The molecule has 0 atom stereocenters. The minimum atomic E-state index is -0.258. The van der Waals surface area contributed by atoms with E-state index in [0.29, 0.717) is 6.54 Å². The number of aromatic nitrogens is 2. The molecule has 2 aromatic carbocycles. The fourth-order valence-electron chi connectivity index (χ4n) is 2.17. The van der Waals surface area contributed by atoms with Crippen LogP contribution in [0.25, 0.3) is 0 Å². The molecule has 0 spiro atoms. The van der Waals surface area contributed by atoms with Crippen molar-refractivity contribution in [2.45, 2.75) is 16.3 Å². The summed E-state index contributed by atoms with van der Waals surface area (Å²) in [7, 11) is 1.66. The largest absolute Gasteiger partial charge is 0.496 e. The van der Waals surface area contributed by atoms with E-state index in [2.05, 4.69) is 20.8 Å². The number of urea groups is 1. The van der Waals surface area contributed by atoms with E-state index in [4.69, 9.17) is 4.74 Å². The first-order chi connectivity index (χ1) is 12.2. The van der Waals surface area contributed by atoms with E-state index in [1.54, 1.807) is 31.3 Å². The number of hydrogen-bond acceptors (Lipinski definition) is 4. The third-order valence-corrected chi connectivity index (χ3v) is 4.48. The number of carbonyl (C=O) groups is 1. The molecule has 6 nitrogen and oxygen atoms in total. The van der Waals surface area contributed by atoms with Crippen LogP contribution in [0.3, 0.4) is 0 Å². The van der Waals surface area contributed by atoms with Crippen molar-refractivity contribution >= 4 is 23.5 Å². The lowest BCUT2D eigenvalue weighted by atomic mass is 10.3. The second-order valence-corrected chi connectivity index (χ2v) is 6.31. The molecule has 0 radical (unpaired) electrons. The lowest BCUT2D eigenvalue weighted by Crippen LogP contribution is -2.27. The summed E-state index contributed by atoms with van der Waals surface area (Å²) in [5, 5.41) is 12.1. The number of nitrogens with one attached hydrogen (secondary N) is 3. The summed E-state index contributed by atoms with van der Waals surface area (Å²) in [5.74, 6) is 0.841. The van der Waals surface area contributed by atoms with Crippen molar-refractivity contribution in [1.29, 1.82) is 0 Å². The van der Waals surface area contributed by atoms with Gasteiger partial charge in [-0.05, 0) is 36.4 Å². The van der Waals surface area contributed by atoms with E-state index >= 15 is 0 Å². The van der Waals surface area contributed by atoms with E-state index in [-0.39, 0.29) is 6.03 Å². The van der Waals surface area contributed by atoms with E-state index < -0.39 is 0 Å². The smallest absolute Gasteiger partial charge is 0.319 e. The molecule has 0 fully saturated rings. The van der Waals surface area contributed by atoms with Crippen molar-refractivity contribution in [2.24, 2.45) is 0 Å². The molecule has 7 heteroatoms. The maximum Gasteiger partial charge on any atom is 0.319 e. The van der Waals surface area contributed by atoms with Crippen molar-refractivity contribution in [1.82, 2.24) is 15.5 Å². The standard InChI is InChI=1S/C18H18N4O2S/c1-24-16-4-2-3-5-17(16)25-15-8-6-14(7-9-15)22-18(23)19-10-13-11-20-21-12-13/h2-9,11-12H,10H2,1H3,(H,20,21)(H2,19,22,23). The van der Waals surface area contributed by atoms with Crippen LogP contribution in [0.5, 0.6) is 5.75 Å². The number of carbonyl (C=O) groups excluding carboxylic acids is 1. The molecule has 0 aliphatic heterocycles. The number of H-pyrrole nitrogens is 1. The van der Waals surface area contributed by atoms with Gasteiger partial charge in [-0.3, -0.25) is 5.10 Å². The van der Waals surface area contributed by atoms with Crippen molar-refractivity contribution in [2.75, 3.05) is 12.4 Å². The van der Waals surface area contributed by atoms with Crippen molar-refractivity contribution in [3.05, 3.63) is 66.5 Å². The summed E-state index contributed by atoms with van der Waals surface area (Å²) < 4.78 is 5.36. The number of amides is 2. The van der Waals surface area contributed by atoms with Gasteiger partial charge in [0.05, 0.1) is 18.2 Å². The molecule has 0 aliphatic rings. The van der Waals surface area contributed by atoms with Gasteiger partial charge in [-0.25, -0.2) is 4.79 Å². The van der Waals surface area contributed by atoms with Gasteiger partial charge in [-0.15, -0.1) is 0 Å².